The van der Waals surface area contributed by atoms with E-state index in [0.29, 0.717) is 0 Å². The van der Waals surface area contributed by atoms with Crippen LogP contribution in [-0.4, -0.2) is 4.57 Å². The average Bonchev–Trinajstić information content (AvgIpc) is 3.78. The summed E-state index contributed by atoms with van der Waals surface area (Å²) >= 11 is 0. The van der Waals surface area contributed by atoms with Crippen molar-refractivity contribution in [3.63, 3.8) is 0 Å². The summed E-state index contributed by atoms with van der Waals surface area (Å²) in [6, 6.07) is 101. The van der Waals surface area contributed by atoms with Crippen molar-refractivity contribution < 1.29 is 0 Å². The van der Waals surface area contributed by atoms with E-state index in [1.165, 1.54) is 121 Å². The Labute approximate surface area is 412 Å². The molecule has 0 radical (unpaired) electrons. The molecule has 14 aromatic rings. The molecule has 0 fully saturated rings. The highest BCUT2D eigenvalue weighted by Crippen LogP contribution is 2.45. The van der Waals surface area contributed by atoms with Crippen LogP contribution in [0.3, 0.4) is 0 Å². The van der Waals surface area contributed by atoms with Crippen LogP contribution in [0.4, 0.5) is 0 Å². The molecule has 0 spiro atoms. The number of hydrogen-bond acceptors (Lipinski definition) is 0. The predicted molar refractivity (Wildman–Crippen MR) is 303 cm³/mol. The number of hydrogen-bond donors (Lipinski definition) is 0. The molecule has 13 aromatic carbocycles. The van der Waals surface area contributed by atoms with Gasteiger partial charge < -0.3 is 4.57 Å². The monoisotopic (exact) mass is 899 g/mol. The van der Waals surface area contributed by atoms with Gasteiger partial charge in [-0.25, -0.2) is 0 Å². The lowest BCUT2D eigenvalue weighted by molar-refractivity contribution is 1.18. The van der Waals surface area contributed by atoms with E-state index in [-0.39, 0.29) is 0 Å². The van der Waals surface area contributed by atoms with Gasteiger partial charge in [-0.2, -0.15) is 0 Å². The van der Waals surface area contributed by atoms with Gasteiger partial charge >= 0.3 is 0 Å². The first kappa shape index (κ1) is 40.7. The summed E-state index contributed by atoms with van der Waals surface area (Å²) in [5.74, 6) is 0. The standard InChI is InChI=1S/C70H45N/c1-3-19-46(20-4-1)55-25-11-13-27-57(55)50-35-37-69-67(44-50)68-45-51(58-28-14-12-26-56(58)47-21-5-2-6-22-47)36-38-70(68)71(69)54-40-52(65-42-48-23-7-9-29-59(48)61-31-15-17-33-63(61)65)39-53(41-54)66-43-49-24-8-10-30-60(49)62-32-16-18-34-64(62)66/h1-45H. The molecule has 0 saturated carbocycles. The summed E-state index contributed by atoms with van der Waals surface area (Å²) in [6.45, 7) is 0. The molecule has 71 heavy (non-hydrogen) atoms. The third-order valence-electron chi connectivity index (χ3n) is 14.7. The Bertz CT molecular complexity index is 4110. The van der Waals surface area contributed by atoms with Crippen molar-refractivity contribution in [1.29, 1.82) is 0 Å². The SMILES string of the molecule is c1ccc(-c2ccccc2-c2ccc3c(c2)c2cc(-c4ccccc4-c4ccccc4)ccc2n3-c2cc(-c3cc4ccccc4c4ccccc34)cc(-c3cc4ccccc4c4ccccc34)c2)cc1. The Morgan fingerprint density at radius 2 is 0.535 bits per heavy atom. The Morgan fingerprint density at radius 1 is 0.183 bits per heavy atom. The smallest absolute Gasteiger partial charge is 0.0541 e. The minimum Gasteiger partial charge on any atom is -0.309 e. The highest BCUT2D eigenvalue weighted by molar-refractivity contribution is 6.17. The van der Waals surface area contributed by atoms with Crippen molar-refractivity contribution in [3.8, 4) is 72.4 Å². The first-order valence-electron chi connectivity index (χ1n) is 24.6. The van der Waals surface area contributed by atoms with Crippen LogP contribution in [0, 0.1) is 0 Å². The molecule has 14 rings (SSSR count). The molecule has 1 aromatic heterocycles. The van der Waals surface area contributed by atoms with Gasteiger partial charge in [0.1, 0.15) is 0 Å². The number of benzene rings is 13. The second kappa shape index (κ2) is 16.7. The van der Waals surface area contributed by atoms with Crippen LogP contribution < -0.4 is 0 Å². The van der Waals surface area contributed by atoms with Crippen molar-refractivity contribution in [2.75, 3.05) is 0 Å². The maximum absolute atomic E-state index is 2.52. The van der Waals surface area contributed by atoms with Gasteiger partial charge in [-0.3, -0.25) is 0 Å². The lowest BCUT2D eigenvalue weighted by atomic mass is 9.89. The zero-order chi connectivity index (χ0) is 46.8. The largest absolute Gasteiger partial charge is 0.309 e. The van der Waals surface area contributed by atoms with Gasteiger partial charge in [0, 0.05) is 16.5 Å². The van der Waals surface area contributed by atoms with E-state index >= 15 is 0 Å². The van der Waals surface area contributed by atoms with E-state index in [4.69, 9.17) is 0 Å². The molecule has 330 valence electrons. The summed E-state index contributed by atoms with van der Waals surface area (Å²) in [6.07, 6.45) is 0. The third kappa shape index (κ3) is 6.85. The molecule has 0 aliphatic carbocycles. The van der Waals surface area contributed by atoms with Crippen LogP contribution >= 0.6 is 0 Å². The number of aromatic nitrogens is 1. The molecule has 0 aliphatic rings. The zero-order valence-electron chi connectivity index (χ0n) is 38.9. The fraction of sp³-hybridized carbons (Fsp3) is 0. The second-order valence-electron chi connectivity index (χ2n) is 18.8. The van der Waals surface area contributed by atoms with E-state index in [1.807, 2.05) is 0 Å². The average molecular weight is 900 g/mol. The van der Waals surface area contributed by atoms with Gasteiger partial charge in [0.05, 0.1) is 11.0 Å². The van der Waals surface area contributed by atoms with Crippen LogP contribution in [0.2, 0.25) is 0 Å². The quantitative estimate of drug-likeness (QED) is 0.141. The number of rotatable bonds is 7. The van der Waals surface area contributed by atoms with E-state index in [0.717, 1.165) is 16.7 Å². The molecular weight excluding hydrogens is 855 g/mol. The maximum atomic E-state index is 2.52. The van der Waals surface area contributed by atoms with Crippen LogP contribution in [0.1, 0.15) is 0 Å². The zero-order valence-corrected chi connectivity index (χ0v) is 38.9. The summed E-state index contributed by atoms with van der Waals surface area (Å²) in [5, 5.41) is 12.4. The van der Waals surface area contributed by atoms with Gasteiger partial charge in [-0.15, -0.1) is 0 Å². The Hall–Kier alpha value is -9.30. The molecule has 0 atom stereocenters. The van der Waals surface area contributed by atoms with Crippen LogP contribution in [0.5, 0.6) is 0 Å². The van der Waals surface area contributed by atoms with Gasteiger partial charge in [0.15, 0.2) is 0 Å². The molecular formula is C70H45N. The molecule has 0 aliphatic heterocycles. The maximum Gasteiger partial charge on any atom is 0.0541 e. The molecule has 1 heteroatoms. The van der Waals surface area contributed by atoms with E-state index in [2.05, 4.69) is 278 Å². The van der Waals surface area contributed by atoms with Gasteiger partial charge in [0.2, 0.25) is 0 Å². The van der Waals surface area contributed by atoms with Gasteiger partial charge in [0.25, 0.3) is 0 Å². The van der Waals surface area contributed by atoms with Gasteiger partial charge in [-0.1, -0.05) is 218 Å². The van der Waals surface area contributed by atoms with Gasteiger partial charge in [-0.05, 0) is 164 Å². The summed E-state index contributed by atoms with van der Waals surface area (Å²) in [7, 11) is 0. The summed E-state index contributed by atoms with van der Waals surface area (Å²) < 4.78 is 2.52. The third-order valence-corrected chi connectivity index (χ3v) is 14.7. The van der Waals surface area contributed by atoms with Crippen LogP contribution in [0.25, 0.3) is 137 Å². The first-order chi connectivity index (χ1) is 35.2. The predicted octanol–water partition coefficient (Wildman–Crippen LogP) is 19.4. The highest BCUT2D eigenvalue weighted by Gasteiger charge is 2.20. The normalized spacial score (nSPS) is 11.7. The molecule has 0 unspecified atom stereocenters. The topological polar surface area (TPSA) is 4.93 Å². The highest BCUT2D eigenvalue weighted by atomic mass is 15.0. The number of fused-ring (bicyclic) bond motifs is 9. The lowest BCUT2D eigenvalue weighted by Gasteiger charge is -2.18. The summed E-state index contributed by atoms with van der Waals surface area (Å²) in [4.78, 5) is 0. The molecule has 0 saturated heterocycles. The van der Waals surface area contributed by atoms with E-state index in [1.54, 1.807) is 0 Å². The van der Waals surface area contributed by atoms with Crippen molar-refractivity contribution in [2.45, 2.75) is 0 Å². The minimum atomic E-state index is 1.11. The fourth-order valence-corrected chi connectivity index (χ4v) is 11.5. The Morgan fingerprint density at radius 3 is 0.972 bits per heavy atom. The van der Waals surface area contributed by atoms with Crippen LogP contribution in [-0.2, 0) is 0 Å². The second-order valence-corrected chi connectivity index (χ2v) is 18.8. The number of nitrogens with zero attached hydrogens (tertiary/aromatic N) is 1. The lowest BCUT2D eigenvalue weighted by Crippen LogP contribution is -1.97. The molecule has 1 heterocycles. The molecule has 1 nitrogen and oxygen atoms in total. The molecule has 0 bridgehead atoms. The van der Waals surface area contributed by atoms with Crippen molar-refractivity contribution >= 4 is 64.9 Å². The minimum absolute atomic E-state index is 1.11. The first-order valence-corrected chi connectivity index (χ1v) is 24.6. The van der Waals surface area contributed by atoms with E-state index in [9.17, 15) is 0 Å². The van der Waals surface area contributed by atoms with Crippen molar-refractivity contribution in [1.82, 2.24) is 4.57 Å². The summed E-state index contributed by atoms with van der Waals surface area (Å²) in [5.41, 5.74) is 17.8. The van der Waals surface area contributed by atoms with Crippen LogP contribution in [0.15, 0.2) is 273 Å². The Balaban J connectivity index is 1.08. The fourth-order valence-electron chi connectivity index (χ4n) is 11.5. The van der Waals surface area contributed by atoms with E-state index < -0.39 is 0 Å². The molecule has 0 N–H and O–H groups in total. The van der Waals surface area contributed by atoms with Crippen molar-refractivity contribution in [3.05, 3.63) is 273 Å². The molecule has 0 amide bonds. The Kier molecular flexibility index (Phi) is 9.60. The van der Waals surface area contributed by atoms with Crippen molar-refractivity contribution in [2.24, 2.45) is 0 Å².